The van der Waals surface area contributed by atoms with Crippen molar-refractivity contribution in [3.8, 4) is 11.7 Å². The number of aromatic nitrogens is 3. The van der Waals surface area contributed by atoms with Crippen molar-refractivity contribution in [1.82, 2.24) is 19.5 Å². The zero-order chi connectivity index (χ0) is 30.3. The van der Waals surface area contributed by atoms with Gasteiger partial charge < -0.3 is 0 Å². The molecule has 2 fully saturated rings. The number of carbonyl (C=O) groups excluding carboxylic acids is 1. The molecule has 2 aliphatic rings. The van der Waals surface area contributed by atoms with Gasteiger partial charge in [-0.1, -0.05) is 0 Å². The van der Waals surface area contributed by atoms with Crippen molar-refractivity contribution in [3.63, 3.8) is 0 Å². The molecule has 3 heterocycles. The number of benzene rings is 1. The molecule has 1 amide bonds. The summed E-state index contributed by atoms with van der Waals surface area (Å²) in [5.41, 5.74) is -1.34. The van der Waals surface area contributed by atoms with Crippen LogP contribution in [0.1, 0.15) is 49.9 Å². The van der Waals surface area contributed by atoms with Crippen molar-refractivity contribution in [2.75, 3.05) is 18.1 Å². The first-order valence-electron chi connectivity index (χ1n) is 14.3. The number of halogens is 3. The number of amides is 1. The van der Waals surface area contributed by atoms with Crippen LogP contribution < -0.4 is 14.4 Å². The predicted molar refractivity (Wildman–Crippen MR) is 162 cm³/mol. The number of carbonyl (C=O) groups is 1. The van der Waals surface area contributed by atoms with Crippen LogP contribution >= 0.6 is 11.9 Å². The van der Waals surface area contributed by atoms with Gasteiger partial charge in [-0.05, 0) is 12.8 Å². The summed E-state index contributed by atoms with van der Waals surface area (Å²) in [6.07, 6.45) is -1.29. The zero-order valence-electron chi connectivity index (χ0n) is 24.7. The third-order valence-electron chi connectivity index (χ3n) is 8.55. The van der Waals surface area contributed by atoms with Gasteiger partial charge in [0.25, 0.3) is 0 Å². The van der Waals surface area contributed by atoms with Crippen molar-refractivity contribution in [1.29, 1.82) is 0 Å². The van der Waals surface area contributed by atoms with E-state index in [4.69, 9.17) is 9.72 Å². The molecule has 1 N–H and O–H groups in total. The fourth-order valence-electron chi connectivity index (χ4n) is 5.49. The van der Waals surface area contributed by atoms with E-state index in [0.29, 0.717) is 21.9 Å². The van der Waals surface area contributed by atoms with Crippen molar-refractivity contribution < 1.29 is 22.7 Å². The van der Waals surface area contributed by atoms with Crippen LogP contribution in [0.5, 0.6) is 5.88 Å². The van der Waals surface area contributed by atoms with Gasteiger partial charge >= 0.3 is 221 Å². The van der Waals surface area contributed by atoms with Crippen molar-refractivity contribution in [3.05, 3.63) is 60.3 Å². The number of rotatable bonds is 10. The predicted octanol–water partition coefficient (Wildman–Crippen LogP) is 7.51. The normalized spacial score (nSPS) is 19.5. The molecule has 1 unspecified atom stereocenters. The number of nitrogens with one attached hydrogen (secondary N) is 1. The molecule has 1 aliphatic heterocycles. The molecule has 1 atom stereocenters. The van der Waals surface area contributed by atoms with Crippen LogP contribution in [-0.4, -0.2) is 58.8 Å². The molecule has 3 aromatic rings. The second-order valence-corrected chi connectivity index (χ2v) is 25.6. The monoisotopic (exact) mass is 663 g/mol. The van der Waals surface area contributed by atoms with Crippen LogP contribution in [0.15, 0.2) is 59.6 Å². The number of hydrogen-bond acceptors (Lipinski definition) is 6. The Hall–Kier alpha value is -2.67. The molecule has 0 spiro atoms. The summed E-state index contributed by atoms with van der Waals surface area (Å²) in [6.45, 7) is 5.16. The van der Waals surface area contributed by atoms with E-state index in [-0.39, 0.29) is 43.2 Å². The number of nitrogens with zero attached hydrogens (tertiary/aromatic N) is 4. The molecule has 5 rings (SSSR count). The van der Waals surface area contributed by atoms with E-state index in [1.165, 1.54) is 16.6 Å². The number of ether oxygens (including phenoxy) is 1. The van der Waals surface area contributed by atoms with Gasteiger partial charge in [-0.3, -0.25) is 0 Å². The molecule has 1 saturated heterocycles. The molecule has 226 valence electrons. The standard InChI is InChI=1S/C30H38F3GeN5O2S/c1-28(2)19-21(34(3,4)5)20-38(28)26-23(27(40)37-42-22-9-7-6-8-10-22)11-12-24(35-26)39-17-13-25(36-39)41-18-16-29(14-15-29)30(31,32)33/h6-13,17,21H,14-16,18-20H2,1-5H3,(H,37,40). The van der Waals surface area contributed by atoms with Gasteiger partial charge in [0.2, 0.25) is 0 Å². The van der Waals surface area contributed by atoms with E-state index in [1.54, 1.807) is 24.4 Å². The van der Waals surface area contributed by atoms with Gasteiger partial charge in [-0.15, -0.1) is 0 Å². The molecule has 0 bridgehead atoms. The molecular formula is C30H38F3GeN5O2S. The van der Waals surface area contributed by atoms with Crippen LogP contribution in [0, 0.1) is 5.41 Å². The first-order chi connectivity index (χ1) is 19.7. The summed E-state index contributed by atoms with van der Waals surface area (Å²) in [7, 11) is 0. The zero-order valence-corrected chi connectivity index (χ0v) is 27.6. The van der Waals surface area contributed by atoms with Crippen molar-refractivity contribution in [2.45, 2.75) is 78.2 Å². The van der Waals surface area contributed by atoms with Gasteiger partial charge in [-0.25, -0.2) is 0 Å². The van der Waals surface area contributed by atoms with E-state index < -0.39 is 24.9 Å². The van der Waals surface area contributed by atoms with E-state index in [0.717, 1.165) is 17.9 Å². The summed E-state index contributed by atoms with van der Waals surface area (Å²) in [5.74, 6) is 8.35. The minimum atomic E-state index is -4.21. The average Bonchev–Trinajstić information content (AvgIpc) is 3.45. The number of alkyl halides is 3. The topological polar surface area (TPSA) is 72.3 Å². The number of hydrogen-bond donors (Lipinski definition) is 1. The van der Waals surface area contributed by atoms with Crippen LogP contribution in [0.3, 0.4) is 0 Å². The second-order valence-electron chi connectivity index (χ2n) is 13.1. The fraction of sp³-hybridized carbons (Fsp3) is 0.500. The van der Waals surface area contributed by atoms with Crippen molar-refractivity contribution in [2.24, 2.45) is 5.41 Å². The van der Waals surface area contributed by atoms with E-state index in [9.17, 15) is 18.0 Å². The Morgan fingerprint density at radius 3 is 2.45 bits per heavy atom. The molecule has 1 aromatic carbocycles. The molecule has 0 radical (unpaired) electrons. The third kappa shape index (κ3) is 6.61. The summed E-state index contributed by atoms with van der Waals surface area (Å²) < 4.78 is 50.5. The van der Waals surface area contributed by atoms with Gasteiger partial charge in [0.05, 0.1) is 5.41 Å². The van der Waals surface area contributed by atoms with Gasteiger partial charge in [0.15, 0.2) is 0 Å². The quantitative estimate of drug-likeness (QED) is 0.179. The van der Waals surface area contributed by atoms with Gasteiger partial charge in [-0.2, -0.15) is 13.2 Å². The Kier molecular flexibility index (Phi) is 8.39. The summed E-state index contributed by atoms with van der Waals surface area (Å²) >= 11 is -0.766. The Morgan fingerprint density at radius 1 is 1.12 bits per heavy atom. The summed E-state index contributed by atoms with van der Waals surface area (Å²) in [4.78, 5) is 21.6. The Balaban J connectivity index is 1.39. The average molecular weight is 662 g/mol. The molecular weight excluding hydrogens is 624 g/mol. The Bertz CT molecular complexity index is 1420. The van der Waals surface area contributed by atoms with Gasteiger partial charge in [0.1, 0.15) is 0 Å². The Labute approximate surface area is 252 Å². The first-order valence-corrected chi connectivity index (χ1v) is 22.6. The van der Waals surface area contributed by atoms with Gasteiger partial charge in [0, 0.05) is 0 Å². The molecule has 12 heteroatoms. The van der Waals surface area contributed by atoms with E-state index in [2.05, 4.69) is 45.8 Å². The van der Waals surface area contributed by atoms with E-state index in [1.807, 2.05) is 30.3 Å². The van der Waals surface area contributed by atoms with Crippen LogP contribution in [0.2, 0.25) is 22.0 Å². The molecule has 42 heavy (non-hydrogen) atoms. The number of anilines is 1. The third-order valence-corrected chi connectivity index (χ3v) is 15.3. The van der Waals surface area contributed by atoms with Crippen LogP contribution in [0.4, 0.5) is 19.0 Å². The second kappa shape index (κ2) is 11.4. The molecule has 1 aliphatic carbocycles. The number of pyridine rings is 1. The molecule has 1 saturated carbocycles. The maximum atomic E-state index is 13.5. The van der Waals surface area contributed by atoms with Crippen LogP contribution in [-0.2, 0) is 0 Å². The SMILES string of the molecule is CC1(C)C[CH]([Ge]([CH3])([CH3])[CH3])CN1c1nc(-n2ccc(OCCC3(C(F)(F)F)CC3)n2)ccc1C(=O)NSc1ccccc1. The molecule has 2 aromatic heterocycles. The molecule has 7 nitrogen and oxygen atoms in total. The Morgan fingerprint density at radius 2 is 1.83 bits per heavy atom. The summed E-state index contributed by atoms with van der Waals surface area (Å²) in [5, 5.41) is 4.43. The van der Waals surface area contributed by atoms with Crippen LogP contribution in [0.25, 0.3) is 5.82 Å². The summed E-state index contributed by atoms with van der Waals surface area (Å²) in [6, 6.07) is 14.7. The van der Waals surface area contributed by atoms with Crippen molar-refractivity contribution >= 4 is 36.9 Å². The first kappa shape index (κ1) is 30.8. The fourth-order valence-corrected chi connectivity index (χ4v) is 9.96. The maximum absolute atomic E-state index is 13.5. The minimum absolute atomic E-state index is 0.0607. The van der Waals surface area contributed by atoms with E-state index >= 15 is 0 Å².